The Hall–Kier alpha value is -8.55. The molecular weight excluding hydrogens is 995 g/mol. The van der Waals surface area contributed by atoms with Gasteiger partial charge in [-0.2, -0.15) is 0 Å². The van der Waals surface area contributed by atoms with Gasteiger partial charge in [0.1, 0.15) is 36.3 Å². The number of guanidine groups is 3. The number of nitrogens with zero attached hydrogens (tertiary/aromatic N) is 4. The van der Waals surface area contributed by atoms with E-state index >= 15 is 0 Å². The number of amides is 8. The van der Waals surface area contributed by atoms with Crippen LogP contribution in [-0.2, 0) is 33.6 Å². The molecule has 1 saturated heterocycles. The molecule has 4 rings (SSSR count). The molecule has 1 aliphatic rings. The molecule has 3 aromatic rings. The third-order valence-corrected chi connectivity index (χ3v) is 12.2. The Morgan fingerprint density at radius 3 is 1.62 bits per heavy atom. The summed E-state index contributed by atoms with van der Waals surface area (Å²) in [5, 5.41) is 30.9. The number of hydrogen-bond acceptors (Lipinski definition) is 12. The fourth-order valence-corrected chi connectivity index (χ4v) is 8.35. The molecule has 1 heterocycles. The molecule has 0 saturated carbocycles. The van der Waals surface area contributed by atoms with Crippen molar-refractivity contribution >= 4 is 81.6 Å². The lowest BCUT2D eigenvalue weighted by atomic mass is 10.0. The maximum Gasteiger partial charge on any atom is 0.251 e. The molecule has 418 valence electrons. The molecule has 3 aromatic carbocycles. The lowest BCUT2D eigenvalue weighted by molar-refractivity contribution is -0.139. The Bertz CT molecular complexity index is 2580. The van der Waals surface area contributed by atoms with E-state index in [1.807, 2.05) is 30.3 Å². The Morgan fingerprint density at radius 1 is 0.597 bits per heavy atom. The minimum absolute atomic E-state index is 0.0209. The zero-order chi connectivity index (χ0) is 56.4. The summed E-state index contributed by atoms with van der Waals surface area (Å²) in [5.41, 5.74) is 33.9. The molecule has 1 aliphatic heterocycles. The van der Waals surface area contributed by atoms with Gasteiger partial charge in [0.05, 0.1) is 13.2 Å². The molecule has 26 heteroatoms. The zero-order valence-corrected chi connectivity index (χ0v) is 43.5. The Kier molecular flexibility index (Phi) is 24.8. The number of nitrogens with two attached hydrogens (primary N) is 6. The minimum Gasteiger partial charge on any atom is -0.394 e. The number of aliphatic hydroxyl groups is 1. The van der Waals surface area contributed by atoms with Crippen molar-refractivity contribution in [2.75, 3.05) is 44.6 Å². The number of anilines is 1. The van der Waals surface area contributed by atoms with E-state index in [1.165, 1.54) is 4.90 Å². The van der Waals surface area contributed by atoms with Crippen LogP contribution in [-0.4, -0.2) is 151 Å². The number of hydrogen-bond donors (Lipinski definition) is 14. The molecule has 6 atom stereocenters. The van der Waals surface area contributed by atoms with Crippen LogP contribution in [0.5, 0.6) is 0 Å². The van der Waals surface area contributed by atoms with Crippen LogP contribution in [0.15, 0.2) is 87.8 Å². The van der Waals surface area contributed by atoms with Crippen molar-refractivity contribution in [3.8, 4) is 0 Å². The average molecular weight is 1070 g/mol. The van der Waals surface area contributed by atoms with E-state index in [0.29, 0.717) is 17.7 Å². The first-order valence-electron chi connectivity index (χ1n) is 25.5. The third-order valence-electron chi connectivity index (χ3n) is 12.2. The Balaban J connectivity index is 1.50. The average Bonchev–Trinajstić information content (AvgIpc) is 3.90. The third kappa shape index (κ3) is 20.9. The summed E-state index contributed by atoms with van der Waals surface area (Å²) in [6, 6.07) is 13.5. The van der Waals surface area contributed by atoms with E-state index in [4.69, 9.17) is 34.4 Å². The summed E-state index contributed by atoms with van der Waals surface area (Å²) in [5.74, 6) is -6.40. The van der Waals surface area contributed by atoms with Crippen molar-refractivity contribution in [2.45, 2.75) is 108 Å². The highest BCUT2D eigenvalue weighted by atomic mass is 16.3. The minimum atomic E-state index is -1.65. The highest BCUT2D eigenvalue weighted by Crippen LogP contribution is 2.21. The van der Waals surface area contributed by atoms with Gasteiger partial charge in [0.2, 0.25) is 41.4 Å². The summed E-state index contributed by atoms with van der Waals surface area (Å²) < 4.78 is 0. The maximum atomic E-state index is 14.2. The lowest BCUT2D eigenvalue weighted by Crippen LogP contribution is -2.60. The normalized spacial score (nSPS) is 14.8. The van der Waals surface area contributed by atoms with Crippen molar-refractivity contribution in [2.24, 2.45) is 55.3 Å². The van der Waals surface area contributed by atoms with Crippen LogP contribution in [0, 0.1) is 5.92 Å². The molecule has 0 radical (unpaired) electrons. The molecule has 0 aliphatic carbocycles. The van der Waals surface area contributed by atoms with E-state index in [1.54, 1.807) is 56.3 Å². The second kappa shape index (κ2) is 31.4. The topological polar surface area (TPSA) is 437 Å². The van der Waals surface area contributed by atoms with E-state index in [0.717, 1.165) is 10.8 Å². The molecule has 0 bridgehead atoms. The van der Waals surface area contributed by atoms with Crippen LogP contribution < -0.4 is 71.6 Å². The number of carbonyl (C=O) groups excluding carboxylic acids is 8. The predicted octanol–water partition coefficient (Wildman–Crippen LogP) is -2.18. The molecule has 0 aromatic heterocycles. The fourth-order valence-electron chi connectivity index (χ4n) is 8.35. The van der Waals surface area contributed by atoms with Crippen molar-refractivity contribution in [1.29, 1.82) is 0 Å². The summed E-state index contributed by atoms with van der Waals surface area (Å²) in [7, 11) is 0. The van der Waals surface area contributed by atoms with Gasteiger partial charge in [-0.25, -0.2) is 0 Å². The van der Waals surface area contributed by atoms with Crippen LogP contribution in [0.3, 0.4) is 0 Å². The van der Waals surface area contributed by atoms with Gasteiger partial charge < -0.3 is 81.6 Å². The van der Waals surface area contributed by atoms with Gasteiger partial charge >= 0.3 is 0 Å². The van der Waals surface area contributed by atoms with Gasteiger partial charge in [0.15, 0.2) is 17.9 Å². The number of fused-ring (bicyclic) bond motifs is 1. The van der Waals surface area contributed by atoms with Crippen LogP contribution in [0.4, 0.5) is 5.69 Å². The van der Waals surface area contributed by atoms with Gasteiger partial charge in [-0.05, 0) is 98.7 Å². The molecule has 0 spiro atoms. The molecule has 1 fully saturated rings. The number of rotatable bonds is 30. The molecule has 0 unspecified atom stereocenters. The van der Waals surface area contributed by atoms with Crippen molar-refractivity contribution in [1.82, 2.24) is 36.8 Å². The first kappa shape index (κ1) is 61.0. The first-order valence-corrected chi connectivity index (χ1v) is 25.5. The standard InChI is InChI=1S/C51H75N17O9/c1-30(2)26-38(46(75)64-36(17-9-23-59-50(54)55)44(73)63-35(16-8-22-58-49(52)53)43(72)62-34-21-20-31-12-6-7-15-33(31)27-34)66-47(76)39(29-69)67-45(74)37(18-10-24-60-51(56)57)65-48(77)40-19-11-25-68(40)41(70)28-61-42(71)32-13-4-3-5-14-32/h3-7,12-15,20-21,27,30,35-40,69H,8-11,16-19,22-26,28-29H2,1-2H3,(H,61,71)(H,62,72)(H,63,73)(H,64,75)(H,65,77)(H,66,76)(H,67,74)(H4,52,53,58)(H4,54,55,59)(H4,56,57,60)/t35-,36-,37-,38-,39-,40-/m0/s1. The Morgan fingerprint density at radius 2 is 1.08 bits per heavy atom. The lowest BCUT2D eigenvalue weighted by Gasteiger charge is -2.28. The molecule has 26 nitrogen and oxygen atoms in total. The monoisotopic (exact) mass is 1070 g/mol. The number of aliphatic imine (C=N–C) groups is 3. The van der Waals surface area contributed by atoms with Gasteiger partial charge in [0.25, 0.3) is 5.91 Å². The number of likely N-dealkylation sites (tertiary alicyclic amines) is 1. The zero-order valence-electron chi connectivity index (χ0n) is 43.5. The number of nitrogens with one attached hydrogen (secondary N) is 7. The number of benzene rings is 3. The van der Waals surface area contributed by atoms with Gasteiger partial charge in [-0.15, -0.1) is 0 Å². The van der Waals surface area contributed by atoms with Crippen LogP contribution >= 0.6 is 0 Å². The first-order chi connectivity index (χ1) is 36.8. The number of aliphatic hydroxyl groups excluding tert-OH is 1. The highest BCUT2D eigenvalue weighted by molar-refractivity contribution is 6.01. The predicted molar refractivity (Wildman–Crippen MR) is 292 cm³/mol. The summed E-state index contributed by atoms with van der Waals surface area (Å²) >= 11 is 0. The molecule has 8 amide bonds. The summed E-state index contributed by atoms with van der Waals surface area (Å²) in [6.07, 6.45) is 1.43. The quantitative estimate of drug-likeness (QED) is 0.0192. The van der Waals surface area contributed by atoms with Crippen molar-refractivity contribution in [3.05, 3.63) is 78.4 Å². The molecule has 20 N–H and O–H groups in total. The second-order valence-electron chi connectivity index (χ2n) is 18.8. The summed E-state index contributed by atoms with van der Waals surface area (Å²) in [6.45, 7) is 2.76. The van der Waals surface area contributed by atoms with Gasteiger partial charge in [0, 0.05) is 37.4 Å². The smallest absolute Gasteiger partial charge is 0.251 e. The van der Waals surface area contributed by atoms with Crippen LogP contribution in [0.25, 0.3) is 10.8 Å². The van der Waals surface area contributed by atoms with Crippen molar-refractivity contribution < 1.29 is 43.5 Å². The highest BCUT2D eigenvalue weighted by Gasteiger charge is 2.37. The molecular formula is C51H75N17O9. The SMILES string of the molecule is CC(C)C[C@H](NC(=O)[C@H](CO)NC(=O)[C@H](CCCN=C(N)N)NC(=O)[C@@H]1CCCN1C(=O)CNC(=O)c1ccccc1)C(=O)N[C@@H](CCCN=C(N)N)C(=O)N[C@@H](CCCN=C(N)N)C(=O)Nc1ccc2ccccc2c1. The largest absolute Gasteiger partial charge is 0.394 e. The van der Waals surface area contributed by atoms with E-state index in [2.05, 4.69) is 52.2 Å². The molecule has 77 heavy (non-hydrogen) atoms. The fraction of sp³-hybridized carbons (Fsp3) is 0.471. The second-order valence-corrected chi connectivity index (χ2v) is 18.8. The van der Waals surface area contributed by atoms with Crippen LogP contribution in [0.1, 0.15) is 82.0 Å². The van der Waals surface area contributed by atoms with E-state index < -0.39 is 90.1 Å². The van der Waals surface area contributed by atoms with Gasteiger partial charge in [-0.1, -0.05) is 62.4 Å². The van der Waals surface area contributed by atoms with Crippen molar-refractivity contribution in [3.63, 3.8) is 0 Å². The van der Waals surface area contributed by atoms with E-state index in [9.17, 15) is 43.5 Å². The van der Waals surface area contributed by atoms with Crippen LogP contribution in [0.2, 0.25) is 0 Å². The van der Waals surface area contributed by atoms with E-state index in [-0.39, 0.29) is 108 Å². The maximum absolute atomic E-state index is 14.2. The Labute approximate surface area is 446 Å². The van der Waals surface area contributed by atoms with Gasteiger partial charge in [-0.3, -0.25) is 53.3 Å². The summed E-state index contributed by atoms with van der Waals surface area (Å²) in [4.78, 5) is 123. The number of carbonyl (C=O) groups is 8.